The van der Waals surface area contributed by atoms with Gasteiger partial charge in [-0.1, -0.05) is 98.8 Å². The van der Waals surface area contributed by atoms with E-state index in [0.29, 0.717) is 18.9 Å². The average molecular weight is 806 g/mol. The van der Waals surface area contributed by atoms with E-state index in [2.05, 4.69) is 92.5 Å². The van der Waals surface area contributed by atoms with Gasteiger partial charge in [0.05, 0.1) is 35.9 Å². The first kappa shape index (κ1) is 40.2. The maximum absolute atomic E-state index is 14.2. The molecule has 0 saturated carbocycles. The third-order valence-electron chi connectivity index (χ3n) is 11.9. The summed E-state index contributed by atoms with van der Waals surface area (Å²) in [5.74, 6) is 1.34. The number of rotatable bonds is 14. The number of carbonyl (C=O) groups is 3. The van der Waals surface area contributed by atoms with Crippen LogP contribution in [0.1, 0.15) is 80.4 Å². The lowest BCUT2D eigenvalue weighted by atomic mass is 10.0. The zero-order valence-corrected chi connectivity index (χ0v) is 34.0. The van der Waals surface area contributed by atoms with E-state index in [1.54, 1.807) is 29.6 Å². The van der Waals surface area contributed by atoms with Gasteiger partial charge in [-0.3, -0.25) is 19.5 Å². The summed E-state index contributed by atoms with van der Waals surface area (Å²) in [6.07, 6.45) is 9.23. The van der Waals surface area contributed by atoms with Crippen LogP contribution in [0, 0.1) is 0 Å². The molecule has 4 atom stereocenters. The molecule has 0 aliphatic carbocycles. The van der Waals surface area contributed by atoms with Gasteiger partial charge in [0.25, 0.3) is 0 Å². The first-order valence-corrected chi connectivity index (χ1v) is 20.9. The van der Waals surface area contributed by atoms with Gasteiger partial charge in [0, 0.05) is 31.9 Å². The van der Waals surface area contributed by atoms with Gasteiger partial charge in [0.1, 0.15) is 23.7 Å². The van der Waals surface area contributed by atoms with E-state index >= 15 is 0 Å². The van der Waals surface area contributed by atoms with Gasteiger partial charge < -0.3 is 30.2 Å². The normalized spacial score (nSPS) is 17.5. The van der Waals surface area contributed by atoms with Crippen LogP contribution in [-0.4, -0.2) is 94.9 Å². The number of likely N-dealkylation sites (N-methyl/N-ethyl adjacent to an activating group) is 1. The monoisotopic (exact) mass is 805 g/mol. The predicted octanol–water partition coefficient (Wildman–Crippen LogP) is 7.82. The molecule has 3 amide bonds. The number of nitrogens with one attached hydrogen (secondary N) is 3. The molecule has 2 fully saturated rings. The maximum atomic E-state index is 14.2. The van der Waals surface area contributed by atoms with Crippen molar-refractivity contribution in [2.75, 3.05) is 26.2 Å². The van der Waals surface area contributed by atoms with Crippen LogP contribution in [0.25, 0.3) is 33.6 Å². The number of nitrogens with zero attached hydrogens (tertiary/aromatic N) is 6. The fourth-order valence-corrected chi connectivity index (χ4v) is 8.81. The van der Waals surface area contributed by atoms with Crippen LogP contribution in [0.4, 0.5) is 4.79 Å². The minimum Gasteiger partial charge on any atom is -0.465 e. The van der Waals surface area contributed by atoms with E-state index in [4.69, 9.17) is 4.98 Å². The number of likely N-dealkylation sites (tertiary alicyclic amines) is 2. The van der Waals surface area contributed by atoms with Gasteiger partial charge in [-0.2, -0.15) is 0 Å². The molecule has 3 aromatic carbocycles. The Morgan fingerprint density at radius 3 is 1.75 bits per heavy atom. The second-order valence-corrected chi connectivity index (χ2v) is 15.5. The van der Waals surface area contributed by atoms with Crippen molar-refractivity contribution in [3.05, 3.63) is 139 Å². The number of benzene rings is 3. The van der Waals surface area contributed by atoms with Gasteiger partial charge in [-0.25, -0.2) is 14.8 Å². The van der Waals surface area contributed by atoms with Gasteiger partial charge in [-0.15, -0.1) is 0 Å². The number of imidazole rings is 2. The molecule has 0 unspecified atom stereocenters. The SMILES string of the molecule is CCN(CC)[C@@H](C(=O)N1CCC[C@H]1c1ncc(-c2ccc(-c3ccc(-c4cnc([C@@H]5CCCN5C(=O)[C@H](Cc5cccnc5)NC(=O)O)[nH]4)cc3)cc2)[nH]1)c1ccccc1. The van der Waals surface area contributed by atoms with Crippen LogP contribution in [0.15, 0.2) is 116 Å². The van der Waals surface area contributed by atoms with Crippen LogP contribution in [0.5, 0.6) is 0 Å². The van der Waals surface area contributed by atoms with E-state index < -0.39 is 12.1 Å². The van der Waals surface area contributed by atoms with Crippen LogP contribution in [0.3, 0.4) is 0 Å². The molecule has 6 aromatic rings. The lowest BCUT2D eigenvalue weighted by molar-refractivity contribution is -0.138. The Kier molecular flexibility index (Phi) is 12.1. The van der Waals surface area contributed by atoms with Crippen LogP contribution < -0.4 is 5.32 Å². The Labute approximate surface area is 349 Å². The lowest BCUT2D eigenvalue weighted by Crippen LogP contribution is -2.49. The molecular weight excluding hydrogens is 755 g/mol. The summed E-state index contributed by atoms with van der Waals surface area (Å²) in [6.45, 7) is 7.01. The van der Waals surface area contributed by atoms with Crippen molar-refractivity contribution >= 4 is 17.9 Å². The molecular formula is C47H51N9O4. The van der Waals surface area contributed by atoms with Crippen molar-refractivity contribution in [3.8, 4) is 33.6 Å². The number of hydrogen-bond acceptors (Lipinski definition) is 7. The Morgan fingerprint density at radius 1 is 0.717 bits per heavy atom. The Balaban J connectivity index is 0.924. The van der Waals surface area contributed by atoms with Crippen molar-refractivity contribution in [2.45, 2.75) is 70.1 Å². The molecule has 0 spiro atoms. The molecule has 2 saturated heterocycles. The minimum absolute atomic E-state index is 0.104. The largest absolute Gasteiger partial charge is 0.465 e. The highest BCUT2D eigenvalue weighted by molar-refractivity contribution is 5.86. The van der Waals surface area contributed by atoms with Gasteiger partial charge in [0.2, 0.25) is 11.8 Å². The topological polar surface area (TPSA) is 163 Å². The number of aromatic amines is 2. The van der Waals surface area contributed by atoms with E-state index in [0.717, 1.165) is 89.4 Å². The van der Waals surface area contributed by atoms with Crippen molar-refractivity contribution < 1.29 is 19.5 Å². The maximum Gasteiger partial charge on any atom is 0.405 e. The lowest BCUT2D eigenvalue weighted by Gasteiger charge is -2.34. The molecule has 8 rings (SSSR count). The van der Waals surface area contributed by atoms with Crippen LogP contribution >= 0.6 is 0 Å². The molecule has 308 valence electrons. The number of H-pyrrole nitrogens is 2. The number of pyridine rings is 1. The number of amides is 3. The van der Waals surface area contributed by atoms with E-state index in [9.17, 15) is 19.5 Å². The fraction of sp³-hybridized carbons (Fsp3) is 0.319. The molecule has 0 radical (unpaired) electrons. The summed E-state index contributed by atoms with van der Waals surface area (Å²) in [6, 6.07) is 28.7. The highest BCUT2D eigenvalue weighted by Crippen LogP contribution is 2.37. The molecule has 4 N–H and O–H groups in total. The number of hydrogen-bond donors (Lipinski definition) is 4. The standard InChI is InChI=1S/C47H51N9O4/c1-3-54(4-2)42(36-12-6-5-7-13-36)46(58)56-26-10-15-41(56)44-50-30-39(52-44)35-22-18-33(19-23-35)32-16-20-34(21-17-32)38-29-49-43(51-38)40-14-9-25-55(40)45(57)37(53-47(59)60)27-31-11-8-24-48-28-31/h5-8,11-13,16-24,28-30,37,40-42,53H,3-4,9-10,14-15,25-27H2,1-2H3,(H,49,51)(H,50,52)(H,59,60)/t37-,40-,41-,42+/m0/s1. The highest BCUT2D eigenvalue weighted by atomic mass is 16.4. The third kappa shape index (κ3) is 8.57. The Morgan fingerprint density at radius 2 is 1.25 bits per heavy atom. The first-order valence-electron chi connectivity index (χ1n) is 20.9. The summed E-state index contributed by atoms with van der Waals surface area (Å²) in [5, 5.41) is 11.9. The quantitative estimate of drug-likeness (QED) is 0.0866. The number of carboxylic acid groups (broad SMARTS) is 1. The molecule has 13 heteroatoms. The summed E-state index contributed by atoms with van der Waals surface area (Å²) in [4.78, 5) is 66.2. The molecule has 3 aromatic heterocycles. The first-order chi connectivity index (χ1) is 29.3. The van der Waals surface area contributed by atoms with Gasteiger partial charge in [0.15, 0.2) is 0 Å². The van der Waals surface area contributed by atoms with Gasteiger partial charge in [-0.05, 0) is 78.2 Å². The predicted molar refractivity (Wildman–Crippen MR) is 229 cm³/mol. The smallest absolute Gasteiger partial charge is 0.405 e. The summed E-state index contributed by atoms with van der Waals surface area (Å²) in [7, 11) is 0. The van der Waals surface area contributed by atoms with Crippen molar-refractivity contribution in [1.29, 1.82) is 0 Å². The summed E-state index contributed by atoms with van der Waals surface area (Å²) < 4.78 is 0. The fourth-order valence-electron chi connectivity index (χ4n) is 8.81. The molecule has 60 heavy (non-hydrogen) atoms. The Bertz CT molecular complexity index is 2380. The third-order valence-corrected chi connectivity index (χ3v) is 11.9. The summed E-state index contributed by atoms with van der Waals surface area (Å²) in [5.41, 5.74) is 7.65. The summed E-state index contributed by atoms with van der Waals surface area (Å²) >= 11 is 0. The van der Waals surface area contributed by atoms with E-state index in [-0.39, 0.29) is 36.4 Å². The van der Waals surface area contributed by atoms with E-state index in [1.807, 2.05) is 47.5 Å². The van der Waals surface area contributed by atoms with Crippen molar-refractivity contribution in [1.82, 2.24) is 44.9 Å². The van der Waals surface area contributed by atoms with Gasteiger partial charge >= 0.3 is 6.09 Å². The van der Waals surface area contributed by atoms with Crippen LogP contribution in [0.2, 0.25) is 0 Å². The van der Waals surface area contributed by atoms with E-state index in [1.165, 1.54) is 0 Å². The number of carbonyl (C=O) groups excluding carboxylic acids is 2. The second-order valence-electron chi connectivity index (χ2n) is 15.5. The second kappa shape index (κ2) is 18.1. The number of aromatic nitrogens is 5. The molecule has 5 heterocycles. The zero-order chi connectivity index (χ0) is 41.6. The molecule has 13 nitrogen and oxygen atoms in total. The molecule has 0 bridgehead atoms. The zero-order valence-electron chi connectivity index (χ0n) is 34.0. The Hall–Kier alpha value is -6.60. The highest BCUT2D eigenvalue weighted by Gasteiger charge is 2.39. The minimum atomic E-state index is -1.25. The van der Waals surface area contributed by atoms with Crippen molar-refractivity contribution in [2.24, 2.45) is 0 Å². The average Bonchev–Trinajstić information content (AvgIpc) is 4.13. The molecule has 2 aliphatic heterocycles. The van der Waals surface area contributed by atoms with Crippen LogP contribution in [-0.2, 0) is 16.0 Å². The molecule has 2 aliphatic rings. The van der Waals surface area contributed by atoms with Crippen molar-refractivity contribution in [3.63, 3.8) is 0 Å².